The summed E-state index contributed by atoms with van der Waals surface area (Å²) in [5.41, 5.74) is 3.59. The van der Waals surface area contributed by atoms with Crippen molar-refractivity contribution in [2.75, 3.05) is 13.1 Å². The number of imide groups is 2. The van der Waals surface area contributed by atoms with Crippen LogP contribution in [0.5, 0.6) is 0 Å². The molecule has 0 radical (unpaired) electrons. The highest BCUT2D eigenvalue weighted by Crippen LogP contribution is 2.48. The Bertz CT molecular complexity index is 2160. The van der Waals surface area contributed by atoms with Crippen molar-refractivity contribution in [2.45, 2.75) is 41.5 Å². The second kappa shape index (κ2) is 8.87. The molecule has 0 unspecified atom stereocenters. The van der Waals surface area contributed by atoms with Gasteiger partial charge in [0, 0.05) is 62.5 Å². The third-order valence-electron chi connectivity index (χ3n) is 8.56. The minimum absolute atomic E-state index is 0.123. The number of hydrogen-bond donors (Lipinski definition) is 0. The second-order valence-electron chi connectivity index (χ2n) is 12.4. The molecule has 0 atom stereocenters. The maximum absolute atomic E-state index is 13.8. The smallest absolute Gasteiger partial charge is 0.261 e. The molecule has 6 nitrogen and oxygen atoms in total. The number of fused-ring (bicyclic) bond motifs is 2. The van der Waals surface area contributed by atoms with E-state index in [1.54, 1.807) is 6.92 Å². The van der Waals surface area contributed by atoms with Gasteiger partial charge in [0.1, 0.15) is 0 Å². The topological polar surface area (TPSA) is 74.8 Å². The highest BCUT2D eigenvalue weighted by Gasteiger charge is 2.38. The van der Waals surface area contributed by atoms with Crippen molar-refractivity contribution in [3.8, 4) is 11.8 Å². The highest BCUT2D eigenvalue weighted by molar-refractivity contribution is 6.42. The summed E-state index contributed by atoms with van der Waals surface area (Å²) in [4.78, 5) is 57.7. The lowest BCUT2D eigenvalue weighted by atomic mass is 9.79. The summed E-state index contributed by atoms with van der Waals surface area (Å²) < 4.78 is 0. The van der Waals surface area contributed by atoms with Crippen LogP contribution in [-0.4, -0.2) is 46.5 Å². The Balaban J connectivity index is 1.68. The number of carbonyl (C=O) groups is 4. The number of rotatable bonds is 4. The van der Waals surface area contributed by atoms with Crippen LogP contribution in [0.25, 0.3) is 43.1 Å². The summed E-state index contributed by atoms with van der Waals surface area (Å²) in [6.07, 6.45) is 0. The van der Waals surface area contributed by atoms with Crippen molar-refractivity contribution in [3.63, 3.8) is 0 Å². The van der Waals surface area contributed by atoms with Crippen LogP contribution in [0.1, 0.15) is 87.2 Å². The predicted octanol–water partition coefficient (Wildman–Crippen LogP) is 6.92. The highest BCUT2D eigenvalue weighted by atomic mass is 16.2. The molecule has 0 saturated heterocycles. The predicted molar refractivity (Wildman–Crippen MR) is 165 cm³/mol. The Kier molecular flexibility index (Phi) is 5.52. The number of benzene rings is 5. The fraction of sp³-hybridized carbons (Fsp3) is 0.278. The first-order valence-corrected chi connectivity index (χ1v) is 14.4. The zero-order chi connectivity index (χ0) is 29.8. The van der Waals surface area contributed by atoms with Crippen molar-refractivity contribution >= 4 is 66.7 Å². The van der Waals surface area contributed by atoms with Crippen molar-refractivity contribution in [1.82, 2.24) is 9.80 Å². The first kappa shape index (κ1) is 26.2. The summed E-state index contributed by atoms with van der Waals surface area (Å²) in [6.45, 7) is 12.4. The van der Waals surface area contributed by atoms with Gasteiger partial charge in [-0.3, -0.25) is 29.0 Å². The SMILES string of the molecule is CC#Cc1cc2c3c(ccc4c5c(C)cc6c7c(ccc(c1c34)c75)C(=O)N(CC(C)C)C6=O)C(=O)N(CC(C)C)C2=O. The average molecular weight is 555 g/mol. The molecule has 4 amide bonds. The fourth-order valence-electron chi connectivity index (χ4n) is 7.06. The van der Waals surface area contributed by atoms with E-state index in [0.717, 1.165) is 37.9 Å². The Morgan fingerprint density at radius 3 is 1.55 bits per heavy atom. The number of nitrogens with zero attached hydrogens (tertiary/aromatic N) is 2. The summed E-state index contributed by atoms with van der Waals surface area (Å²) in [7, 11) is 0. The van der Waals surface area contributed by atoms with Crippen LogP contribution in [0.4, 0.5) is 0 Å². The van der Waals surface area contributed by atoms with Gasteiger partial charge in [-0.1, -0.05) is 45.7 Å². The average Bonchev–Trinajstić information content (AvgIpc) is 2.94. The lowest BCUT2D eigenvalue weighted by Crippen LogP contribution is -2.42. The minimum Gasteiger partial charge on any atom is -0.274 e. The Hall–Kier alpha value is -4.76. The van der Waals surface area contributed by atoms with E-state index in [-0.39, 0.29) is 35.5 Å². The molecule has 6 heteroatoms. The molecule has 208 valence electrons. The van der Waals surface area contributed by atoms with E-state index in [9.17, 15) is 19.2 Å². The van der Waals surface area contributed by atoms with E-state index in [1.165, 1.54) is 9.80 Å². The number of hydrogen-bond acceptors (Lipinski definition) is 4. The van der Waals surface area contributed by atoms with Gasteiger partial charge in [0.25, 0.3) is 23.6 Å². The van der Waals surface area contributed by atoms with Crippen LogP contribution in [0, 0.1) is 30.6 Å². The molecule has 5 aromatic rings. The zero-order valence-corrected chi connectivity index (χ0v) is 24.6. The largest absolute Gasteiger partial charge is 0.274 e. The number of carbonyl (C=O) groups excluding carboxylic acids is 4. The van der Waals surface area contributed by atoms with Crippen LogP contribution < -0.4 is 0 Å². The number of amides is 4. The normalized spacial score (nSPS) is 15.0. The third-order valence-corrected chi connectivity index (χ3v) is 8.56. The molecule has 0 N–H and O–H groups in total. The van der Waals surface area contributed by atoms with Gasteiger partial charge >= 0.3 is 0 Å². The van der Waals surface area contributed by atoms with Gasteiger partial charge in [-0.15, -0.1) is 5.92 Å². The summed E-state index contributed by atoms with van der Waals surface area (Å²) >= 11 is 0. The third kappa shape index (κ3) is 3.28. The molecule has 5 aromatic carbocycles. The Morgan fingerprint density at radius 2 is 1.05 bits per heavy atom. The summed E-state index contributed by atoms with van der Waals surface area (Å²) in [5.74, 6) is 5.34. The molecule has 0 spiro atoms. The molecule has 0 saturated carbocycles. The van der Waals surface area contributed by atoms with E-state index in [2.05, 4.69) is 11.8 Å². The molecular weight excluding hydrogens is 524 g/mol. The Morgan fingerprint density at radius 1 is 0.595 bits per heavy atom. The molecular formula is C36H30N2O4. The molecule has 2 aliphatic rings. The van der Waals surface area contributed by atoms with E-state index < -0.39 is 0 Å². The van der Waals surface area contributed by atoms with E-state index >= 15 is 0 Å². The van der Waals surface area contributed by atoms with Crippen LogP contribution in [0.2, 0.25) is 0 Å². The molecule has 2 aliphatic heterocycles. The number of aryl methyl sites for hydroxylation is 1. The van der Waals surface area contributed by atoms with Gasteiger partial charge in [0.05, 0.1) is 0 Å². The molecule has 0 bridgehead atoms. The van der Waals surface area contributed by atoms with Crippen LogP contribution >= 0.6 is 0 Å². The minimum atomic E-state index is -0.307. The first-order valence-electron chi connectivity index (χ1n) is 14.4. The van der Waals surface area contributed by atoms with Gasteiger partial charge in [-0.2, -0.15) is 0 Å². The van der Waals surface area contributed by atoms with Crippen molar-refractivity contribution in [1.29, 1.82) is 0 Å². The van der Waals surface area contributed by atoms with Crippen LogP contribution in [-0.2, 0) is 0 Å². The monoisotopic (exact) mass is 554 g/mol. The summed E-state index contributed by atoms with van der Waals surface area (Å²) in [6, 6.07) is 11.2. The van der Waals surface area contributed by atoms with Gasteiger partial charge in [-0.05, 0) is 77.1 Å². The second-order valence-corrected chi connectivity index (χ2v) is 12.4. The molecule has 2 heterocycles. The van der Waals surface area contributed by atoms with Crippen molar-refractivity contribution in [2.24, 2.45) is 11.8 Å². The summed E-state index contributed by atoms with van der Waals surface area (Å²) in [5, 5.41) is 6.45. The van der Waals surface area contributed by atoms with Crippen LogP contribution in [0.15, 0.2) is 36.4 Å². The van der Waals surface area contributed by atoms with E-state index in [1.807, 2.05) is 71.0 Å². The van der Waals surface area contributed by atoms with Crippen molar-refractivity contribution in [3.05, 3.63) is 69.8 Å². The van der Waals surface area contributed by atoms with Crippen molar-refractivity contribution < 1.29 is 19.2 Å². The standard InChI is InChI=1S/C36H30N2O4/c1-7-8-20-14-26-30-24(34(40)38(36(26)42)16-18(4)5)11-9-21-27-19(6)13-25-29-23(33(39)37(35(25)41)15-17(2)3)12-10-22(31(27)29)28(20)32(21)30/h9-14,17-18H,15-16H2,1-6H3. The maximum Gasteiger partial charge on any atom is 0.261 e. The van der Waals surface area contributed by atoms with Gasteiger partial charge in [0.15, 0.2) is 0 Å². The molecule has 0 aromatic heterocycles. The van der Waals surface area contributed by atoms with E-state index in [4.69, 9.17) is 0 Å². The molecule has 0 fully saturated rings. The van der Waals surface area contributed by atoms with Gasteiger partial charge in [0.2, 0.25) is 0 Å². The molecule has 42 heavy (non-hydrogen) atoms. The lowest BCUT2D eigenvalue weighted by molar-refractivity contribution is 0.0577. The van der Waals surface area contributed by atoms with Gasteiger partial charge < -0.3 is 0 Å². The fourth-order valence-corrected chi connectivity index (χ4v) is 7.06. The Labute approximate surface area is 243 Å². The zero-order valence-electron chi connectivity index (χ0n) is 24.6. The van der Waals surface area contributed by atoms with E-state index in [0.29, 0.717) is 51.7 Å². The first-order chi connectivity index (χ1) is 20.0. The molecule has 0 aliphatic carbocycles. The van der Waals surface area contributed by atoms with Gasteiger partial charge in [-0.25, -0.2) is 0 Å². The lowest BCUT2D eigenvalue weighted by Gasteiger charge is -2.31. The molecule has 7 rings (SSSR count). The maximum atomic E-state index is 13.8. The van der Waals surface area contributed by atoms with Crippen LogP contribution in [0.3, 0.4) is 0 Å². The quantitative estimate of drug-likeness (QED) is 0.105.